The third kappa shape index (κ3) is 4.78. The highest BCUT2D eigenvalue weighted by Gasteiger charge is 2.03. The Morgan fingerprint density at radius 3 is 1.53 bits per heavy atom. The smallest absolute Gasteiger partial charge is 0.153 e. The van der Waals surface area contributed by atoms with E-state index in [1.165, 1.54) is 12.7 Å². The lowest BCUT2D eigenvalue weighted by Gasteiger charge is -2.00. The van der Waals surface area contributed by atoms with Crippen LogP contribution < -0.4 is 5.32 Å². The van der Waals surface area contributed by atoms with Crippen LogP contribution in [0.5, 0.6) is 0 Å². The molecule has 0 fully saturated rings. The third-order valence-electron chi connectivity index (χ3n) is 1.69. The maximum absolute atomic E-state index is 5.67. The first-order chi connectivity index (χ1) is 8.97. The summed E-state index contributed by atoms with van der Waals surface area (Å²) in [5.41, 5.74) is 0. The first kappa shape index (κ1) is 16.5. The molecule has 0 bridgehead atoms. The van der Waals surface area contributed by atoms with Gasteiger partial charge in [-0.05, 0) is 0 Å². The van der Waals surface area contributed by atoms with Crippen molar-refractivity contribution in [3.63, 3.8) is 0 Å². The van der Waals surface area contributed by atoms with E-state index in [9.17, 15) is 0 Å². The monoisotopic (exact) mass is 359 g/mol. The molecule has 2 heterocycles. The molecule has 102 valence electrons. The molecule has 1 N–H and O–H groups in total. The quantitative estimate of drug-likeness (QED) is 0.769. The Hall–Kier alpha value is -0.590. The summed E-state index contributed by atoms with van der Waals surface area (Å²) in [6.07, 6.45) is 2.59. The molecule has 19 heavy (non-hydrogen) atoms. The lowest BCUT2D eigenvalue weighted by Crippen LogP contribution is -1.94. The molecular formula is C9H6Cl5N5. The summed E-state index contributed by atoms with van der Waals surface area (Å²) < 4.78 is 0. The van der Waals surface area contributed by atoms with Crippen LogP contribution in [-0.4, -0.2) is 27.0 Å². The Morgan fingerprint density at radius 2 is 1.16 bits per heavy atom. The van der Waals surface area contributed by atoms with E-state index in [4.69, 9.17) is 58.0 Å². The van der Waals surface area contributed by atoms with E-state index in [1.807, 2.05) is 0 Å². The third-order valence-corrected chi connectivity index (χ3v) is 3.55. The van der Waals surface area contributed by atoms with Crippen LogP contribution in [0.4, 0.5) is 5.82 Å². The second-order valence-electron chi connectivity index (χ2n) is 2.85. The van der Waals surface area contributed by atoms with E-state index in [-0.39, 0.29) is 20.5 Å². The van der Waals surface area contributed by atoms with Gasteiger partial charge in [-0.1, -0.05) is 58.0 Å². The minimum atomic E-state index is 0.177. The first-order valence-electron chi connectivity index (χ1n) is 4.62. The van der Waals surface area contributed by atoms with E-state index in [0.717, 1.165) is 0 Å². The summed E-state index contributed by atoms with van der Waals surface area (Å²) in [5, 5.41) is 3.94. The van der Waals surface area contributed by atoms with Gasteiger partial charge in [0, 0.05) is 7.05 Å². The molecule has 0 aliphatic heterocycles. The largest absolute Gasteiger partial charge is 0.372 e. The van der Waals surface area contributed by atoms with E-state index in [1.54, 1.807) is 7.05 Å². The van der Waals surface area contributed by atoms with Crippen molar-refractivity contribution in [1.29, 1.82) is 0 Å². The normalized spacial score (nSPS) is 9.58. The number of anilines is 1. The van der Waals surface area contributed by atoms with Gasteiger partial charge in [-0.15, -0.1) is 0 Å². The molecule has 0 aliphatic rings. The van der Waals surface area contributed by atoms with Gasteiger partial charge >= 0.3 is 0 Å². The van der Waals surface area contributed by atoms with Crippen molar-refractivity contribution in [2.24, 2.45) is 0 Å². The SMILES string of the molecule is CNc1ncnc(Cl)c1Cl.Clc1ncnc(Cl)c1Cl. The maximum atomic E-state index is 5.67. The number of hydrogen-bond acceptors (Lipinski definition) is 5. The molecule has 0 atom stereocenters. The summed E-state index contributed by atoms with van der Waals surface area (Å²) in [4.78, 5) is 14.6. The average Bonchev–Trinajstić information content (AvgIpc) is 2.40. The number of nitrogens with one attached hydrogen (secondary N) is 1. The molecule has 0 aromatic carbocycles. The Kier molecular flexibility index (Phi) is 6.82. The van der Waals surface area contributed by atoms with Gasteiger partial charge < -0.3 is 5.32 Å². The molecule has 0 unspecified atom stereocenters. The highest BCUT2D eigenvalue weighted by molar-refractivity contribution is 6.46. The van der Waals surface area contributed by atoms with Crippen LogP contribution in [0.25, 0.3) is 0 Å². The topological polar surface area (TPSA) is 63.6 Å². The van der Waals surface area contributed by atoms with Crippen LogP contribution in [-0.2, 0) is 0 Å². The molecule has 2 aromatic heterocycles. The average molecular weight is 361 g/mol. The zero-order valence-corrected chi connectivity index (χ0v) is 13.1. The number of hydrogen-bond donors (Lipinski definition) is 1. The van der Waals surface area contributed by atoms with Gasteiger partial charge in [-0.25, -0.2) is 19.9 Å². The summed E-state index contributed by atoms with van der Waals surface area (Å²) >= 11 is 27.6. The number of aromatic nitrogens is 4. The number of rotatable bonds is 1. The molecule has 2 rings (SSSR count). The van der Waals surface area contributed by atoms with Gasteiger partial charge in [0.2, 0.25) is 0 Å². The van der Waals surface area contributed by atoms with Crippen LogP contribution in [0.1, 0.15) is 0 Å². The van der Waals surface area contributed by atoms with E-state index in [0.29, 0.717) is 10.8 Å². The molecule has 2 aromatic rings. The highest BCUT2D eigenvalue weighted by atomic mass is 35.5. The molecule has 10 heteroatoms. The van der Waals surface area contributed by atoms with Crippen LogP contribution in [0.2, 0.25) is 25.5 Å². The predicted molar refractivity (Wildman–Crippen MR) is 78.7 cm³/mol. The Balaban J connectivity index is 0.000000191. The maximum Gasteiger partial charge on any atom is 0.153 e. The van der Waals surface area contributed by atoms with Crippen molar-refractivity contribution in [1.82, 2.24) is 19.9 Å². The fourth-order valence-electron chi connectivity index (χ4n) is 0.851. The molecule has 0 saturated heterocycles. The summed E-state index contributed by atoms with van der Waals surface area (Å²) in [5.74, 6) is 0.543. The molecule has 0 saturated carbocycles. The lowest BCUT2D eigenvalue weighted by molar-refractivity contribution is 1.16. The van der Waals surface area contributed by atoms with E-state index >= 15 is 0 Å². The summed E-state index contributed by atoms with van der Waals surface area (Å²) in [6, 6.07) is 0. The van der Waals surface area contributed by atoms with Gasteiger partial charge in [0.25, 0.3) is 0 Å². The van der Waals surface area contributed by atoms with E-state index in [2.05, 4.69) is 25.3 Å². The van der Waals surface area contributed by atoms with Gasteiger partial charge in [0.1, 0.15) is 28.5 Å². The van der Waals surface area contributed by atoms with Gasteiger partial charge in [-0.3, -0.25) is 0 Å². The fraction of sp³-hybridized carbons (Fsp3) is 0.111. The van der Waals surface area contributed by atoms with E-state index < -0.39 is 0 Å². The number of halogens is 5. The van der Waals surface area contributed by atoms with Crippen molar-refractivity contribution >= 4 is 63.8 Å². The molecular weight excluding hydrogens is 355 g/mol. The molecule has 5 nitrogen and oxygen atoms in total. The molecule has 0 spiro atoms. The van der Waals surface area contributed by atoms with Crippen LogP contribution in [0, 0.1) is 0 Å². The first-order valence-corrected chi connectivity index (χ1v) is 6.51. The second kappa shape index (κ2) is 7.87. The minimum Gasteiger partial charge on any atom is -0.372 e. The lowest BCUT2D eigenvalue weighted by atomic mass is 10.6. The summed E-state index contributed by atoms with van der Waals surface area (Å²) in [7, 11) is 1.71. The second-order valence-corrected chi connectivity index (χ2v) is 4.68. The van der Waals surface area contributed by atoms with Crippen molar-refractivity contribution < 1.29 is 0 Å². The fourth-order valence-corrected chi connectivity index (χ4v) is 1.59. The predicted octanol–water partition coefficient (Wildman–Crippen LogP) is 4.26. The van der Waals surface area contributed by atoms with Crippen molar-refractivity contribution in [3.8, 4) is 0 Å². The van der Waals surface area contributed by atoms with Gasteiger partial charge in [-0.2, -0.15) is 0 Å². The van der Waals surface area contributed by atoms with Crippen LogP contribution >= 0.6 is 58.0 Å². The van der Waals surface area contributed by atoms with Crippen molar-refractivity contribution in [2.45, 2.75) is 0 Å². The molecule has 0 aliphatic carbocycles. The number of nitrogens with zero attached hydrogens (tertiary/aromatic N) is 4. The Labute approximate surface area is 134 Å². The van der Waals surface area contributed by atoms with Crippen LogP contribution in [0.15, 0.2) is 12.7 Å². The van der Waals surface area contributed by atoms with Crippen molar-refractivity contribution in [2.75, 3.05) is 12.4 Å². The zero-order chi connectivity index (χ0) is 14.4. The van der Waals surface area contributed by atoms with Crippen molar-refractivity contribution in [3.05, 3.63) is 38.2 Å². The Morgan fingerprint density at radius 1 is 0.737 bits per heavy atom. The highest BCUT2D eigenvalue weighted by Crippen LogP contribution is 2.25. The zero-order valence-electron chi connectivity index (χ0n) is 9.33. The molecule has 0 radical (unpaired) electrons. The molecule has 0 amide bonds. The Bertz CT molecular complexity index is 544. The standard InChI is InChI=1S/C5H5Cl2N3.C4HCl3N2/c1-8-5-3(6)4(7)9-2-10-5;5-2-3(6)8-1-9-4(2)7/h2H,1H3,(H,8,9,10);1H. The van der Waals surface area contributed by atoms with Gasteiger partial charge in [0.05, 0.1) is 0 Å². The minimum absolute atomic E-state index is 0.177. The van der Waals surface area contributed by atoms with Crippen LogP contribution in [0.3, 0.4) is 0 Å². The van der Waals surface area contributed by atoms with Gasteiger partial charge in [0.15, 0.2) is 15.5 Å². The summed E-state index contributed by atoms with van der Waals surface area (Å²) in [6.45, 7) is 0.